The van der Waals surface area contributed by atoms with Gasteiger partial charge in [0.05, 0.1) is 17.1 Å². The third-order valence-electron chi connectivity index (χ3n) is 3.73. The first-order valence-corrected chi connectivity index (χ1v) is 9.88. The fourth-order valence-corrected chi connectivity index (χ4v) is 4.29. The van der Waals surface area contributed by atoms with Crippen molar-refractivity contribution in [1.29, 1.82) is 0 Å². The fourth-order valence-electron chi connectivity index (χ4n) is 2.46. The molecule has 0 spiro atoms. The average molecular weight is 417 g/mol. The molecule has 0 aliphatic heterocycles. The van der Waals surface area contributed by atoms with E-state index in [-0.39, 0.29) is 11.4 Å². The molecule has 0 saturated heterocycles. The van der Waals surface area contributed by atoms with Gasteiger partial charge < -0.3 is 5.73 Å². The molecule has 6 heteroatoms. The van der Waals surface area contributed by atoms with Crippen molar-refractivity contribution in [2.24, 2.45) is 0 Å². The molecule has 4 nitrogen and oxygen atoms in total. The average Bonchev–Trinajstić information content (AvgIpc) is 2.61. The molecule has 0 fully saturated rings. The van der Waals surface area contributed by atoms with Crippen LogP contribution in [-0.2, 0) is 16.6 Å². The fraction of sp³-hybridized carbons (Fsp3) is 0.0526. The molecule has 3 rings (SSSR count). The highest BCUT2D eigenvalue weighted by molar-refractivity contribution is 9.10. The van der Waals surface area contributed by atoms with Gasteiger partial charge in [-0.15, -0.1) is 0 Å². The molecule has 0 aromatic heterocycles. The molecule has 0 amide bonds. The molecule has 0 bridgehead atoms. The van der Waals surface area contributed by atoms with Gasteiger partial charge >= 0.3 is 0 Å². The second-order valence-electron chi connectivity index (χ2n) is 5.55. The van der Waals surface area contributed by atoms with Gasteiger partial charge in [0.1, 0.15) is 0 Å². The predicted octanol–water partition coefficient (Wildman–Crippen LogP) is 4.43. The molecule has 25 heavy (non-hydrogen) atoms. The second kappa shape index (κ2) is 7.29. The van der Waals surface area contributed by atoms with Crippen molar-refractivity contribution in [2.45, 2.75) is 11.4 Å². The van der Waals surface area contributed by atoms with Crippen LogP contribution in [-0.4, -0.2) is 8.42 Å². The van der Waals surface area contributed by atoms with E-state index in [1.807, 2.05) is 42.5 Å². The Bertz CT molecular complexity index is 958. The largest absolute Gasteiger partial charge is 0.399 e. The summed E-state index contributed by atoms with van der Waals surface area (Å²) in [6.45, 7) is 0.240. The first kappa shape index (κ1) is 17.5. The number of nitrogens with two attached hydrogens (primary N) is 1. The minimum Gasteiger partial charge on any atom is -0.399 e. The predicted molar refractivity (Wildman–Crippen MR) is 105 cm³/mol. The lowest BCUT2D eigenvalue weighted by Crippen LogP contribution is -2.30. The standard InChI is InChI=1S/C19H17BrN2O2S/c20-16-7-4-8-18(13-16)22(14-15-5-2-1-3-6-15)25(23,24)19-11-9-17(21)10-12-19/h1-13H,14,21H2. The van der Waals surface area contributed by atoms with Crippen LogP contribution in [0.15, 0.2) is 88.2 Å². The van der Waals surface area contributed by atoms with E-state index in [0.717, 1.165) is 10.0 Å². The molecular formula is C19H17BrN2O2S. The lowest BCUT2D eigenvalue weighted by atomic mass is 10.2. The van der Waals surface area contributed by atoms with Gasteiger partial charge in [0.25, 0.3) is 10.0 Å². The molecule has 0 radical (unpaired) electrons. The minimum atomic E-state index is -3.73. The maximum absolute atomic E-state index is 13.2. The van der Waals surface area contributed by atoms with Gasteiger partial charge in [0.2, 0.25) is 0 Å². The van der Waals surface area contributed by atoms with Crippen molar-refractivity contribution in [3.63, 3.8) is 0 Å². The summed E-state index contributed by atoms with van der Waals surface area (Å²) in [6, 6.07) is 23.0. The highest BCUT2D eigenvalue weighted by atomic mass is 79.9. The monoisotopic (exact) mass is 416 g/mol. The van der Waals surface area contributed by atoms with Gasteiger partial charge in [0.15, 0.2) is 0 Å². The Morgan fingerprint density at radius 2 is 1.56 bits per heavy atom. The van der Waals surface area contributed by atoms with Gasteiger partial charge in [0, 0.05) is 10.2 Å². The van der Waals surface area contributed by atoms with Crippen LogP contribution in [0.2, 0.25) is 0 Å². The molecule has 2 N–H and O–H groups in total. The number of nitrogens with zero attached hydrogens (tertiary/aromatic N) is 1. The molecule has 0 saturated carbocycles. The maximum Gasteiger partial charge on any atom is 0.264 e. The number of sulfonamides is 1. The highest BCUT2D eigenvalue weighted by Crippen LogP contribution is 2.28. The topological polar surface area (TPSA) is 63.4 Å². The summed E-state index contributed by atoms with van der Waals surface area (Å²) in [5.41, 5.74) is 7.71. The van der Waals surface area contributed by atoms with Crippen LogP contribution in [0.3, 0.4) is 0 Å². The zero-order chi connectivity index (χ0) is 17.9. The Morgan fingerprint density at radius 1 is 0.880 bits per heavy atom. The number of hydrogen-bond donors (Lipinski definition) is 1. The highest BCUT2D eigenvalue weighted by Gasteiger charge is 2.25. The quantitative estimate of drug-likeness (QED) is 0.625. The number of hydrogen-bond acceptors (Lipinski definition) is 3. The van der Waals surface area contributed by atoms with Gasteiger partial charge in [-0.2, -0.15) is 0 Å². The summed E-state index contributed by atoms with van der Waals surface area (Å²) in [7, 11) is -3.73. The van der Waals surface area contributed by atoms with Crippen molar-refractivity contribution in [2.75, 3.05) is 10.0 Å². The Hall–Kier alpha value is -2.31. The number of anilines is 2. The molecular weight excluding hydrogens is 400 g/mol. The Morgan fingerprint density at radius 3 is 2.20 bits per heavy atom. The van der Waals surface area contributed by atoms with Crippen LogP contribution in [0.1, 0.15) is 5.56 Å². The van der Waals surface area contributed by atoms with Crippen LogP contribution < -0.4 is 10.0 Å². The molecule has 0 aliphatic rings. The van der Waals surface area contributed by atoms with Gasteiger partial charge in [-0.3, -0.25) is 4.31 Å². The van der Waals surface area contributed by atoms with E-state index in [0.29, 0.717) is 11.4 Å². The van der Waals surface area contributed by atoms with Crippen molar-refractivity contribution in [3.05, 3.63) is 88.9 Å². The summed E-state index contributed by atoms with van der Waals surface area (Å²) < 4.78 is 28.7. The van der Waals surface area contributed by atoms with Gasteiger partial charge in [-0.05, 0) is 48.0 Å². The summed E-state index contributed by atoms with van der Waals surface area (Å²) in [4.78, 5) is 0.206. The van der Waals surface area contributed by atoms with Crippen LogP contribution in [0.25, 0.3) is 0 Å². The second-order valence-corrected chi connectivity index (χ2v) is 8.32. The number of nitrogen functional groups attached to an aromatic ring is 1. The van der Waals surface area contributed by atoms with E-state index in [9.17, 15) is 8.42 Å². The van der Waals surface area contributed by atoms with Gasteiger partial charge in [-0.1, -0.05) is 52.3 Å². The zero-order valence-corrected chi connectivity index (χ0v) is 15.7. The van der Waals surface area contributed by atoms with Crippen molar-refractivity contribution < 1.29 is 8.42 Å². The SMILES string of the molecule is Nc1ccc(S(=O)(=O)N(Cc2ccccc2)c2cccc(Br)c2)cc1. The molecule has 0 unspecified atom stereocenters. The Labute approximate surface area is 156 Å². The van der Waals surface area contributed by atoms with Crippen molar-refractivity contribution >= 4 is 37.3 Å². The number of halogens is 1. The molecule has 0 atom stereocenters. The number of benzene rings is 3. The molecule has 128 valence electrons. The van der Waals surface area contributed by atoms with E-state index in [1.54, 1.807) is 24.3 Å². The Kier molecular flexibility index (Phi) is 5.11. The maximum atomic E-state index is 13.2. The van der Waals surface area contributed by atoms with Crippen LogP contribution in [0.4, 0.5) is 11.4 Å². The van der Waals surface area contributed by atoms with E-state index in [1.165, 1.54) is 16.4 Å². The third-order valence-corrected chi connectivity index (χ3v) is 6.01. The van der Waals surface area contributed by atoms with Gasteiger partial charge in [-0.25, -0.2) is 8.42 Å². The van der Waals surface area contributed by atoms with Crippen LogP contribution in [0, 0.1) is 0 Å². The zero-order valence-electron chi connectivity index (χ0n) is 13.3. The summed E-state index contributed by atoms with van der Waals surface area (Å²) in [6.07, 6.45) is 0. The van der Waals surface area contributed by atoms with E-state index in [4.69, 9.17) is 5.73 Å². The summed E-state index contributed by atoms with van der Waals surface area (Å²) >= 11 is 3.41. The number of rotatable bonds is 5. The molecule has 0 aliphatic carbocycles. The van der Waals surface area contributed by atoms with Crippen LogP contribution in [0.5, 0.6) is 0 Å². The van der Waals surface area contributed by atoms with Crippen molar-refractivity contribution in [3.8, 4) is 0 Å². The molecule has 0 heterocycles. The first-order valence-electron chi connectivity index (χ1n) is 7.64. The molecule has 3 aromatic carbocycles. The third kappa shape index (κ3) is 4.03. The van der Waals surface area contributed by atoms with E-state index in [2.05, 4.69) is 15.9 Å². The summed E-state index contributed by atoms with van der Waals surface area (Å²) in [5.74, 6) is 0. The minimum absolute atomic E-state index is 0.206. The van der Waals surface area contributed by atoms with E-state index >= 15 is 0 Å². The molecule has 3 aromatic rings. The van der Waals surface area contributed by atoms with E-state index < -0.39 is 10.0 Å². The smallest absolute Gasteiger partial charge is 0.264 e. The van der Waals surface area contributed by atoms with Crippen LogP contribution >= 0.6 is 15.9 Å². The lowest BCUT2D eigenvalue weighted by molar-refractivity contribution is 0.590. The van der Waals surface area contributed by atoms with Crippen molar-refractivity contribution in [1.82, 2.24) is 0 Å². The first-order chi connectivity index (χ1) is 12.0. The summed E-state index contributed by atoms with van der Waals surface area (Å²) in [5, 5.41) is 0. The normalized spacial score (nSPS) is 11.2. The lowest BCUT2D eigenvalue weighted by Gasteiger charge is -2.25. The Balaban J connectivity index is 2.08.